The van der Waals surface area contributed by atoms with Gasteiger partial charge in [-0.05, 0) is 49.6 Å². The maximum Gasteiger partial charge on any atom is 0.335 e. The molecule has 3 heterocycles. The Kier molecular flexibility index (Phi) is 7.94. The van der Waals surface area contributed by atoms with Crippen molar-refractivity contribution in [2.75, 3.05) is 39.5 Å². The predicted octanol–water partition coefficient (Wildman–Crippen LogP) is 4.75. The van der Waals surface area contributed by atoms with Crippen LogP contribution in [0.15, 0.2) is 36.4 Å². The molecule has 1 aliphatic carbocycles. The molecule has 2 atom stereocenters. The van der Waals surface area contributed by atoms with Gasteiger partial charge in [-0.15, -0.1) is 0 Å². The van der Waals surface area contributed by atoms with Crippen LogP contribution in [0.3, 0.4) is 0 Å². The number of fused-ring (bicyclic) bond motifs is 1. The number of carbonyl (C=O) groups excluding carboxylic acids is 1. The molecule has 1 N–H and O–H groups in total. The third-order valence-corrected chi connectivity index (χ3v) is 8.86. The number of benzene rings is 2. The highest BCUT2D eigenvalue weighted by molar-refractivity contribution is 5.93. The summed E-state index contributed by atoms with van der Waals surface area (Å²) in [6, 6.07) is 10.1. The van der Waals surface area contributed by atoms with E-state index in [0.29, 0.717) is 42.4 Å². The predicted molar refractivity (Wildman–Crippen MR) is 152 cm³/mol. The van der Waals surface area contributed by atoms with Gasteiger partial charge in [0.15, 0.2) is 0 Å². The van der Waals surface area contributed by atoms with Gasteiger partial charge in [0, 0.05) is 44.7 Å². The maximum absolute atomic E-state index is 15.7. The monoisotopic (exact) mass is 564 g/mol. The minimum absolute atomic E-state index is 0.0172. The first-order chi connectivity index (χ1) is 19.9. The molecule has 0 radical (unpaired) electrons. The zero-order valence-electron chi connectivity index (χ0n) is 23.4. The topological polar surface area (TPSA) is 97.1 Å². The number of carboxylic acid groups (broad SMARTS) is 1. The van der Waals surface area contributed by atoms with Gasteiger partial charge in [0.2, 0.25) is 5.91 Å². The minimum atomic E-state index is -1.02. The summed E-state index contributed by atoms with van der Waals surface area (Å²) in [4.78, 5) is 32.9. The highest BCUT2D eigenvalue weighted by Crippen LogP contribution is 2.37. The van der Waals surface area contributed by atoms with Crippen LogP contribution in [-0.4, -0.2) is 87.9 Å². The Morgan fingerprint density at radius 3 is 2.56 bits per heavy atom. The second kappa shape index (κ2) is 11.8. The van der Waals surface area contributed by atoms with Gasteiger partial charge in [-0.2, -0.15) is 0 Å². The van der Waals surface area contributed by atoms with Crippen molar-refractivity contribution in [3.05, 3.63) is 47.8 Å². The number of hydrogen-bond donors (Lipinski definition) is 1. The van der Waals surface area contributed by atoms with Crippen molar-refractivity contribution in [3.8, 4) is 17.1 Å². The lowest BCUT2D eigenvalue weighted by atomic mass is 9.94. The Morgan fingerprint density at radius 1 is 1.07 bits per heavy atom. The molecule has 218 valence electrons. The zero-order chi connectivity index (χ0) is 28.5. The smallest absolute Gasteiger partial charge is 0.335 e. The van der Waals surface area contributed by atoms with Crippen molar-refractivity contribution < 1.29 is 28.6 Å². The molecular formula is C31H37FN4O5. The molecule has 1 saturated carbocycles. The first-order valence-corrected chi connectivity index (χ1v) is 14.7. The summed E-state index contributed by atoms with van der Waals surface area (Å²) >= 11 is 0. The number of imidazole rings is 1. The summed E-state index contributed by atoms with van der Waals surface area (Å²) < 4.78 is 29.3. The average molecular weight is 565 g/mol. The van der Waals surface area contributed by atoms with Crippen molar-refractivity contribution in [1.29, 1.82) is 0 Å². The SMILES string of the molecule is CC(=O)N1CC(N2CCOCC2)C[C@H]1COc1ccc(-c2nc3cc(C(=O)O)ccc3n2C2CCCCC2)c(F)c1. The van der Waals surface area contributed by atoms with Crippen LogP contribution in [0.2, 0.25) is 0 Å². The molecule has 3 fully saturated rings. The van der Waals surface area contributed by atoms with E-state index >= 15 is 4.39 Å². The summed E-state index contributed by atoms with van der Waals surface area (Å²) in [5, 5.41) is 9.48. The number of likely N-dealkylation sites (tertiary alicyclic amines) is 1. The molecule has 6 rings (SSSR count). The van der Waals surface area contributed by atoms with Crippen LogP contribution in [-0.2, 0) is 9.53 Å². The van der Waals surface area contributed by atoms with Gasteiger partial charge in [0.05, 0.1) is 41.4 Å². The van der Waals surface area contributed by atoms with Crippen LogP contribution in [0.25, 0.3) is 22.4 Å². The van der Waals surface area contributed by atoms with Crippen LogP contribution in [0.1, 0.15) is 61.8 Å². The van der Waals surface area contributed by atoms with E-state index < -0.39 is 11.8 Å². The van der Waals surface area contributed by atoms with Crippen LogP contribution in [0.5, 0.6) is 5.75 Å². The number of aromatic nitrogens is 2. The van der Waals surface area contributed by atoms with Crippen LogP contribution in [0.4, 0.5) is 4.39 Å². The summed E-state index contributed by atoms with van der Waals surface area (Å²) in [6.07, 6.45) is 6.12. The second-order valence-electron chi connectivity index (χ2n) is 11.4. The highest BCUT2D eigenvalue weighted by Gasteiger charge is 2.37. The number of ether oxygens (including phenoxy) is 2. The molecule has 3 aromatic rings. The summed E-state index contributed by atoms with van der Waals surface area (Å²) in [5.74, 6) is -0.545. The van der Waals surface area contributed by atoms with Gasteiger partial charge in [-0.25, -0.2) is 14.2 Å². The summed E-state index contributed by atoms with van der Waals surface area (Å²) in [7, 11) is 0. The number of aromatic carboxylic acids is 1. The standard InChI is InChI=1S/C31H37FN4O5/c1-20(37)35-18-23(34-11-13-40-14-12-34)16-24(35)19-41-25-8-9-26(27(32)17-25)30-33-28-15-21(31(38)39)7-10-29(28)36(30)22-5-3-2-4-6-22/h7-10,15,17,22-24H,2-6,11-14,16,18-19H2,1H3,(H,38,39)/t23?,24-/m0/s1. The molecule has 3 aliphatic rings. The summed E-state index contributed by atoms with van der Waals surface area (Å²) in [5.41, 5.74) is 1.88. The molecule has 1 aromatic heterocycles. The van der Waals surface area contributed by atoms with Crippen molar-refractivity contribution in [3.63, 3.8) is 0 Å². The van der Waals surface area contributed by atoms with E-state index in [1.54, 1.807) is 37.3 Å². The Hall–Kier alpha value is -3.50. The fourth-order valence-corrected chi connectivity index (χ4v) is 6.73. The Labute approximate surface area is 238 Å². The molecule has 10 heteroatoms. The number of carbonyl (C=O) groups is 2. The van der Waals surface area contributed by atoms with Gasteiger partial charge < -0.3 is 24.0 Å². The van der Waals surface area contributed by atoms with Gasteiger partial charge in [0.1, 0.15) is 24.0 Å². The first-order valence-electron chi connectivity index (χ1n) is 14.7. The zero-order valence-corrected chi connectivity index (χ0v) is 23.4. The summed E-state index contributed by atoms with van der Waals surface area (Å²) in [6.45, 7) is 5.67. The molecule has 2 aromatic carbocycles. The normalized spacial score (nSPS) is 22.3. The molecule has 2 aliphatic heterocycles. The lowest BCUT2D eigenvalue weighted by Crippen LogP contribution is -2.45. The fraction of sp³-hybridized carbons (Fsp3) is 0.516. The van der Waals surface area contributed by atoms with E-state index in [1.165, 1.54) is 12.5 Å². The lowest BCUT2D eigenvalue weighted by molar-refractivity contribution is -0.130. The Morgan fingerprint density at radius 2 is 1.85 bits per heavy atom. The van der Waals surface area contributed by atoms with E-state index in [4.69, 9.17) is 14.5 Å². The van der Waals surface area contributed by atoms with Crippen LogP contribution in [0, 0.1) is 5.82 Å². The number of nitrogens with zero attached hydrogens (tertiary/aromatic N) is 4. The molecule has 9 nitrogen and oxygen atoms in total. The van der Waals surface area contributed by atoms with E-state index in [1.807, 2.05) is 4.90 Å². The van der Waals surface area contributed by atoms with E-state index in [0.717, 1.165) is 50.7 Å². The fourth-order valence-electron chi connectivity index (χ4n) is 6.73. The number of hydrogen-bond acceptors (Lipinski definition) is 6. The second-order valence-corrected chi connectivity index (χ2v) is 11.4. The molecule has 41 heavy (non-hydrogen) atoms. The number of amides is 1. The van der Waals surface area contributed by atoms with Crippen LogP contribution >= 0.6 is 0 Å². The van der Waals surface area contributed by atoms with Gasteiger partial charge in [-0.3, -0.25) is 9.69 Å². The maximum atomic E-state index is 15.7. The lowest BCUT2D eigenvalue weighted by Gasteiger charge is -2.31. The third kappa shape index (κ3) is 5.67. The van der Waals surface area contributed by atoms with Gasteiger partial charge in [-0.1, -0.05) is 19.3 Å². The van der Waals surface area contributed by atoms with Gasteiger partial charge in [0.25, 0.3) is 0 Å². The highest BCUT2D eigenvalue weighted by atomic mass is 19.1. The molecule has 2 saturated heterocycles. The number of morpholine rings is 1. The van der Waals surface area contributed by atoms with E-state index in [9.17, 15) is 14.7 Å². The van der Waals surface area contributed by atoms with Gasteiger partial charge >= 0.3 is 5.97 Å². The molecular weight excluding hydrogens is 527 g/mol. The number of halogens is 1. The van der Waals surface area contributed by atoms with Crippen LogP contribution < -0.4 is 4.74 Å². The van der Waals surface area contributed by atoms with Crippen molar-refractivity contribution >= 4 is 22.9 Å². The Balaban J connectivity index is 1.23. The number of rotatable bonds is 7. The molecule has 0 spiro atoms. The third-order valence-electron chi connectivity index (χ3n) is 8.86. The average Bonchev–Trinajstić information content (AvgIpc) is 3.59. The van der Waals surface area contributed by atoms with Crippen molar-refractivity contribution in [2.45, 2.75) is 63.6 Å². The first kappa shape index (κ1) is 27.7. The van der Waals surface area contributed by atoms with E-state index in [2.05, 4.69) is 9.47 Å². The number of carboxylic acids is 1. The molecule has 0 bridgehead atoms. The minimum Gasteiger partial charge on any atom is -0.491 e. The Bertz CT molecular complexity index is 1430. The van der Waals surface area contributed by atoms with Crippen molar-refractivity contribution in [2.24, 2.45) is 0 Å². The quantitative estimate of drug-likeness (QED) is 0.443. The molecule has 1 unspecified atom stereocenters. The van der Waals surface area contributed by atoms with Crippen molar-refractivity contribution in [1.82, 2.24) is 19.4 Å². The largest absolute Gasteiger partial charge is 0.491 e. The van der Waals surface area contributed by atoms with E-state index in [-0.39, 0.29) is 36.2 Å². The molecule has 1 amide bonds.